The summed E-state index contributed by atoms with van der Waals surface area (Å²) in [5.74, 6) is 0. The number of carbonyl (C=O) groups is 1. The maximum atomic E-state index is 12.5. The first-order chi connectivity index (χ1) is 14.1. The minimum absolute atomic E-state index is 0.116. The Morgan fingerprint density at radius 2 is 2.07 bits per heavy atom. The molecule has 2 fully saturated rings. The number of nitrogens with one attached hydrogen (secondary N) is 4. The van der Waals surface area contributed by atoms with Crippen LogP contribution in [0.25, 0.3) is 0 Å². The molecular formula is C21H27ClN6O. The van der Waals surface area contributed by atoms with Crippen LogP contribution in [0, 0.1) is 6.92 Å². The van der Waals surface area contributed by atoms with E-state index in [9.17, 15) is 4.79 Å². The molecule has 2 amide bonds. The summed E-state index contributed by atoms with van der Waals surface area (Å²) in [7, 11) is 0. The van der Waals surface area contributed by atoms with E-state index in [4.69, 9.17) is 11.6 Å². The Morgan fingerprint density at radius 1 is 1.24 bits per heavy atom. The molecule has 8 heteroatoms. The van der Waals surface area contributed by atoms with Crippen molar-refractivity contribution in [2.45, 2.75) is 44.4 Å². The van der Waals surface area contributed by atoms with Gasteiger partial charge in [0.1, 0.15) is 0 Å². The van der Waals surface area contributed by atoms with Gasteiger partial charge >= 0.3 is 6.03 Å². The zero-order valence-corrected chi connectivity index (χ0v) is 17.2. The van der Waals surface area contributed by atoms with Crippen molar-refractivity contribution < 1.29 is 4.79 Å². The van der Waals surface area contributed by atoms with Gasteiger partial charge in [-0.2, -0.15) is 0 Å². The SMILES string of the molecule is Cc1c(Cl)cccc1NC(=O)NC1CCCN(C2CC(c3ccncc3)NN2)C1. The lowest BCUT2D eigenvalue weighted by Crippen LogP contribution is -2.54. The first-order valence-electron chi connectivity index (χ1n) is 10.1. The average molecular weight is 415 g/mol. The van der Waals surface area contributed by atoms with Crippen LogP contribution >= 0.6 is 11.6 Å². The summed E-state index contributed by atoms with van der Waals surface area (Å²) in [6.07, 6.45) is 6.91. The number of urea groups is 1. The van der Waals surface area contributed by atoms with Crippen LogP contribution in [0.4, 0.5) is 10.5 Å². The molecule has 0 aliphatic carbocycles. The number of piperidine rings is 1. The number of halogens is 1. The van der Waals surface area contributed by atoms with Crippen LogP contribution in [0.1, 0.15) is 36.4 Å². The molecule has 7 nitrogen and oxygen atoms in total. The van der Waals surface area contributed by atoms with Crippen molar-refractivity contribution in [3.05, 3.63) is 58.9 Å². The minimum atomic E-state index is -0.186. The Bertz CT molecular complexity index is 848. The number of rotatable bonds is 4. The van der Waals surface area contributed by atoms with Gasteiger partial charge < -0.3 is 10.6 Å². The lowest BCUT2D eigenvalue weighted by atomic mass is 10.0. The fraction of sp³-hybridized carbons (Fsp3) is 0.429. The number of nitrogens with zero attached hydrogens (tertiary/aromatic N) is 2. The number of likely N-dealkylation sites (tertiary alicyclic amines) is 1. The number of hydrazine groups is 1. The quantitative estimate of drug-likeness (QED) is 0.617. The summed E-state index contributed by atoms with van der Waals surface area (Å²) >= 11 is 6.14. The van der Waals surface area contributed by atoms with Crippen LogP contribution in [0.2, 0.25) is 5.02 Å². The highest BCUT2D eigenvalue weighted by Gasteiger charge is 2.32. The van der Waals surface area contributed by atoms with Crippen molar-refractivity contribution in [3.8, 4) is 0 Å². The van der Waals surface area contributed by atoms with Gasteiger partial charge in [-0.05, 0) is 68.1 Å². The molecule has 2 aromatic rings. The Labute approximate surface area is 176 Å². The predicted octanol–water partition coefficient (Wildman–Crippen LogP) is 3.19. The van der Waals surface area contributed by atoms with Crippen molar-refractivity contribution in [2.24, 2.45) is 0 Å². The number of aromatic nitrogens is 1. The normalized spacial score (nSPS) is 25.0. The molecular weight excluding hydrogens is 388 g/mol. The molecule has 1 aromatic carbocycles. The van der Waals surface area contributed by atoms with Crippen LogP contribution < -0.4 is 21.5 Å². The molecule has 2 saturated heterocycles. The molecule has 4 N–H and O–H groups in total. The maximum absolute atomic E-state index is 12.5. The number of amides is 2. The highest BCUT2D eigenvalue weighted by Crippen LogP contribution is 2.26. The van der Waals surface area contributed by atoms with Gasteiger partial charge in [-0.25, -0.2) is 15.6 Å². The smallest absolute Gasteiger partial charge is 0.319 e. The summed E-state index contributed by atoms with van der Waals surface area (Å²) in [5, 5.41) is 6.69. The highest BCUT2D eigenvalue weighted by atomic mass is 35.5. The van der Waals surface area contributed by atoms with Gasteiger partial charge in [0, 0.05) is 41.7 Å². The fourth-order valence-electron chi connectivity index (χ4n) is 4.09. The highest BCUT2D eigenvalue weighted by molar-refractivity contribution is 6.31. The molecule has 0 saturated carbocycles. The van der Waals surface area contributed by atoms with E-state index in [0.717, 1.165) is 43.6 Å². The molecule has 3 heterocycles. The number of anilines is 1. The minimum Gasteiger partial charge on any atom is -0.334 e. The second-order valence-electron chi connectivity index (χ2n) is 7.72. The largest absolute Gasteiger partial charge is 0.334 e. The molecule has 1 aromatic heterocycles. The Kier molecular flexibility index (Phi) is 6.30. The molecule has 29 heavy (non-hydrogen) atoms. The van der Waals surface area contributed by atoms with Gasteiger partial charge in [-0.15, -0.1) is 0 Å². The topological polar surface area (TPSA) is 81.3 Å². The third-order valence-electron chi connectivity index (χ3n) is 5.74. The molecule has 2 aliphatic rings. The number of pyridine rings is 1. The monoisotopic (exact) mass is 414 g/mol. The molecule has 154 valence electrons. The van der Waals surface area contributed by atoms with Gasteiger partial charge in [0.15, 0.2) is 0 Å². The van der Waals surface area contributed by atoms with Crippen LogP contribution in [0.15, 0.2) is 42.7 Å². The number of benzene rings is 1. The van der Waals surface area contributed by atoms with Gasteiger partial charge in [-0.3, -0.25) is 9.88 Å². The molecule has 3 unspecified atom stereocenters. The summed E-state index contributed by atoms with van der Waals surface area (Å²) in [5.41, 5.74) is 9.65. The molecule has 0 radical (unpaired) electrons. The summed E-state index contributed by atoms with van der Waals surface area (Å²) in [6.45, 7) is 3.75. The zero-order valence-electron chi connectivity index (χ0n) is 16.5. The number of hydrogen-bond acceptors (Lipinski definition) is 5. The third-order valence-corrected chi connectivity index (χ3v) is 6.15. The molecule has 4 rings (SSSR count). The van der Waals surface area contributed by atoms with E-state index in [0.29, 0.717) is 5.02 Å². The lowest BCUT2D eigenvalue weighted by molar-refractivity contribution is 0.125. The van der Waals surface area contributed by atoms with Crippen molar-refractivity contribution >= 4 is 23.3 Å². The second-order valence-corrected chi connectivity index (χ2v) is 8.13. The van der Waals surface area contributed by atoms with E-state index in [1.807, 2.05) is 49.6 Å². The van der Waals surface area contributed by atoms with Crippen molar-refractivity contribution in [3.63, 3.8) is 0 Å². The van der Waals surface area contributed by atoms with E-state index in [1.54, 1.807) is 0 Å². The van der Waals surface area contributed by atoms with Crippen molar-refractivity contribution in [1.29, 1.82) is 0 Å². The van der Waals surface area contributed by atoms with E-state index < -0.39 is 0 Å². The second kappa shape index (κ2) is 9.09. The number of carbonyl (C=O) groups excluding carboxylic acids is 1. The van der Waals surface area contributed by atoms with Crippen molar-refractivity contribution in [2.75, 3.05) is 18.4 Å². The summed E-state index contributed by atoms with van der Waals surface area (Å²) < 4.78 is 0. The van der Waals surface area contributed by atoms with Crippen LogP contribution in [-0.2, 0) is 0 Å². The first kappa shape index (κ1) is 20.1. The van der Waals surface area contributed by atoms with E-state index in [1.165, 1.54) is 5.56 Å². The molecule has 0 spiro atoms. The number of hydrogen-bond donors (Lipinski definition) is 4. The lowest BCUT2D eigenvalue weighted by Gasteiger charge is -2.36. The molecule has 3 atom stereocenters. The van der Waals surface area contributed by atoms with Gasteiger partial charge in [-0.1, -0.05) is 17.7 Å². The van der Waals surface area contributed by atoms with Crippen LogP contribution in [-0.4, -0.2) is 41.2 Å². The predicted molar refractivity (Wildman–Crippen MR) is 115 cm³/mol. The first-order valence-corrected chi connectivity index (χ1v) is 10.5. The van der Waals surface area contributed by atoms with Gasteiger partial charge in [0.25, 0.3) is 0 Å². The van der Waals surface area contributed by atoms with E-state index in [-0.39, 0.29) is 24.3 Å². The van der Waals surface area contributed by atoms with Crippen LogP contribution in [0.3, 0.4) is 0 Å². The van der Waals surface area contributed by atoms with Crippen LogP contribution in [0.5, 0.6) is 0 Å². The molecule has 0 bridgehead atoms. The van der Waals surface area contributed by atoms with Gasteiger partial charge in [0.2, 0.25) is 0 Å². The standard InChI is InChI=1S/C21H27ClN6O/c1-14-17(22)5-2-6-18(14)25-21(29)24-16-4-3-11-28(13-16)20-12-19(26-27-20)15-7-9-23-10-8-15/h2,5-10,16,19-20,26-27H,3-4,11-13H2,1H3,(H2,24,25,29). The maximum Gasteiger partial charge on any atom is 0.319 e. The average Bonchev–Trinajstić information content (AvgIpc) is 3.23. The Balaban J connectivity index is 1.30. The van der Waals surface area contributed by atoms with Crippen molar-refractivity contribution in [1.82, 2.24) is 26.1 Å². The van der Waals surface area contributed by atoms with E-state index in [2.05, 4.69) is 31.4 Å². The fourth-order valence-corrected chi connectivity index (χ4v) is 4.26. The van der Waals surface area contributed by atoms with Gasteiger partial charge in [0.05, 0.1) is 6.17 Å². The summed E-state index contributed by atoms with van der Waals surface area (Å²) in [4.78, 5) is 19.0. The Morgan fingerprint density at radius 3 is 2.90 bits per heavy atom. The molecule has 2 aliphatic heterocycles. The Hall–Kier alpha value is -2.19. The summed E-state index contributed by atoms with van der Waals surface area (Å²) in [6, 6.07) is 9.81. The van der Waals surface area contributed by atoms with E-state index >= 15 is 0 Å². The zero-order chi connectivity index (χ0) is 20.2. The third kappa shape index (κ3) is 4.87.